The lowest BCUT2D eigenvalue weighted by Crippen LogP contribution is -2.41. The lowest BCUT2D eigenvalue weighted by atomic mass is 9.91. The fourth-order valence-electron chi connectivity index (χ4n) is 3.43. The first kappa shape index (κ1) is 17.8. The molecule has 0 amide bonds. The number of likely N-dealkylation sites (tertiary alicyclic amines) is 1. The first-order chi connectivity index (χ1) is 12.0. The topological polar surface area (TPSA) is 40.5 Å². The van der Waals surface area contributed by atoms with Crippen molar-refractivity contribution in [2.75, 3.05) is 13.1 Å². The molecule has 1 saturated heterocycles. The predicted octanol–water partition coefficient (Wildman–Crippen LogP) is 4.50. The molecule has 25 heavy (non-hydrogen) atoms. The number of hydrogen-bond acceptors (Lipinski definition) is 2. The van der Waals surface area contributed by atoms with Gasteiger partial charge < -0.3 is 5.11 Å². The number of benzene rings is 2. The second-order valence-corrected chi connectivity index (χ2v) is 6.73. The molecule has 2 atom stereocenters. The highest BCUT2D eigenvalue weighted by Gasteiger charge is 2.32. The lowest BCUT2D eigenvalue weighted by molar-refractivity contribution is -0.143. The van der Waals surface area contributed by atoms with Crippen molar-refractivity contribution < 1.29 is 18.7 Å². The van der Waals surface area contributed by atoms with Gasteiger partial charge in [0.1, 0.15) is 11.6 Å². The van der Waals surface area contributed by atoms with Crippen LogP contribution in [0.15, 0.2) is 42.5 Å². The standard InChI is InChI=1S/C19H18ClF2NO2/c20-14-5-1-3-12(9-14)18(16-7-6-15(21)10-17(16)22)23-8-2-4-13(11-23)19(24)25/h1,3,5-7,9-10,13,18H,2,4,8,11H2,(H,24,25). The molecule has 0 aliphatic carbocycles. The molecule has 2 aromatic carbocycles. The Balaban J connectivity index is 2.04. The average Bonchev–Trinajstić information content (AvgIpc) is 2.57. The van der Waals surface area contributed by atoms with Gasteiger partial charge in [-0.25, -0.2) is 8.78 Å². The molecular formula is C19H18ClF2NO2. The van der Waals surface area contributed by atoms with Gasteiger partial charge in [-0.15, -0.1) is 0 Å². The molecule has 1 N–H and O–H groups in total. The molecule has 1 fully saturated rings. The van der Waals surface area contributed by atoms with Crippen molar-refractivity contribution in [2.24, 2.45) is 5.92 Å². The van der Waals surface area contributed by atoms with Gasteiger partial charge in [0.15, 0.2) is 0 Å². The molecule has 2 aromatic rings. The highest BCUT2D eigenvalue weighted by molar-refractivity contribution is 6.30. The quantitative estimate of drug-likeness (QED) is 0.867. The van der Waals surface area contributed by atoms with E-state index in [1.54, 1.807) is 18.2 Å². The van der Waals surface area contributed by atoms with Crippen LogP contribution in [0.2, 0.25) is 5.02 Å². The highest BCUT2D eigenvalue weighted by Crippen LogP contribution is 2.35. The van der Waals surface area contributed by atoms with Gasteiger partial charge in [0.25, 0.3) is 0 Å². The maximum absolute atomic E-state index is 14.5. The monoisotopic (exact) mass is 365 g/mol. The van der Waals surface area contributed by atoms with Crippen molar-refractivity contribution in [3.05, 3.63) is 70.2 Å². The van der Waals surface area contributed by atoms with Crippen molar-refractivity contribution in [3.8, 4) is 0 Å². The second-order valence-electron chi connectivity index (χ2n) is 6.30. The zero-order chi connectivity index (χ0) is 18.0. The zero-order valence-corrected chi connectivity index (χ0v) is 14.2. The molecular weight excluding hydrogens is 348 g/mol. The number of nitrogens with zero attached hydrogens (tertiary/aromatic N) is 1. The number of hydrogen-bond donors (Lipinski definition) is 1. The molecule has 0 aromatic heterocycles. The molecule has 3 nitrogen and oxygen atoms in total. The van der Waals surface area contributed by atoms with Gasteiger partial charge in [-0.1, -0.05) is 29.8 Å². The van der Waals surface area contributed by atoms with Crippen LogP contribution in [0.3, 0.4) is 0 Å². The fraction of sp³-hybridized carbons (Fsp3) is 0.316. The summed E-state index contributed by atoms with van der Waals surface area (Å²) in [5.41, 5.74) is 1.07. The second kappa shape index (κ2) is 7.50. The Labute approximate surface area is 149 Å². The Morgan fingerprint density at radius 3 is 2.72 bits per heavy atom. The SMILES string of the molecule is O=C(O)C1CCCN(C(c2cccc(Cl)c2)c2ccc(F)cc2F)C1. The number of carbonyl (C=O) groups is 1. The molecule has 0 spiro atoms. The third kappa shape index (κ3) is 3.99. The molecule has 0 bridgehead atoms. The van der Waals surface area contributed by atoms with E-state index in [2.05, 4.69) is 0 Å². The maximum Gasteiger partial charge on any atom is 0.307 e. The van der Waals surface area contributed by atoms with E-state index in [-0.39, 0.29) is 0 Å². The predicted molar refractivity (Wildman–Crippen MR) is 91.6 cm³/mol. The van der Waals surface area contributed by atoms with Gasteiger partial charge in [0.05, 0.1) is 12.0 Å². The van der Waals surface area contributed by atoms with E-state index in [9.17, 15) is 18.7 Å². The summed E-state index contributed by atoms with van der Waals surface area (Å²) in [6, 6.07) is 10.0. The van der Waals surface area contributed by atoms with Crippen LogP contribution < -0.4 is 0 Å². The van der Waals surface area contributed by atoms with Gasteiger partial charge in [0.2, 0.25) is 0 Å². The van der Waals surface area contributed by atoms with Crippen molar-refractivity contribution in [3.63, 3.8) is 0 Å². The third-order valence-corrected chi connectivity index (χ3v) is 4.82. The molecule has 2 unspecified atom stereocenters. The van der Waals surface area contributed by atoms with Crippen molar-refractivity contribution in [2.45, 2.75) is 18.9 Å². The summed E-state index contributed by atoms with van der Waals surface area (Å²) in [4.78, 5) is 13.3. The third-order valence-electron chi connectivity index (χ3n) is 4.59. The van der Waals surface area contributed by atoms with Crippen molar-refractivity contribution >= 4 is 17.6 Å². The van der Waals surface area contributed by atoms with Crippen LogP contribution in [-0.2, 0) is 4.79 Å². The highest BCUT2D eigenvalue weighted by atomic mass is 35.5. The lowest BCUT2D eigenvalue weighted by Gasteiger charge is -2.37. The Morgan fingerprint density at radius 2 is 2.04 bits per heavy atom. The average molecular weight is 366 g/mol. The molecule has 1 heterocycles. The molecule has 0 saturated carbocycles. The van der Waals surface area contributed by atoms with E-state index in [1.165, 1.54) is 12.1 Å². The summed E-state index contributed by atoms with van der Waals surface area (Å²) in [6.07, 6.45) is 1.30. The van der Waals surface area contributed by atoms with Crippen LogP contribution in [0, 0.1) is 17.6 Å². The van der Waals surface area contributed by atoms with Gasteiger partial charge in [-0.05, 0) is 43.1 Å². The van der Waals surface area contributed by atoms with E-state index in [0.29, 0.717) is 36.5 Å². The fourth-order valence-corrected chi connectivity index (χ4v) is 3.63. The van der Waals surface area contributed by atoms with Crippen LogP contribution >= 0.6 is 11.6 Å². The molecule has 3 rings (SSSR count). The van der Waals surface area contributed by atoms with E-state index >= 15 is 0 Å². The van der Waals surface area contributed by atoms with Gasteiger partial charge >= 0.3 is 5.97 Å². The zero-order valence-electron chi connectivity index (χ0n) is 13.5. The molecule has 1 aliphatic rings. The summed E-state index contributed by atoms with van der Waals surface area (Å²) >= 11 is 6.09. The van der Waals surface area contributed by atoms with Crippen LogP contribution in [0.5, 0.6) is 0 Å². The number of aliphatic carboxylic acids is 1. The summed E-state index contributed by atoms with van der Waals surface area (Å²) in [5.74, 6) is -2.65. The van der Waals surface area contributed by atoms with Gasteiger partial charge in [-0.3, -0.25) is 9.69 Å². The molecule has 0 radical (unpaired) electrons. The van der Waals surface area contributed by atoms with E-state index < -0.39 is 29.6 Å². The smallest absolute Gasteiger partial charge is 0.307 e. The van der Waals surface area contributed by atoms with Crippen LogP contribution in [0.4, 0.5) is 8.78 Å². The van der Waals surface area contributed by atoms with E-state index in [1.807, 2.05) is 11.0 Å². The summed E-state index contributed by atoms with van der Waals surface area (Å²) in [6.45, 7) is 0.946. The first-order valence-corrected chi connectivity index (χ1v) is 8.51. The number of carboxylic acids is 1. The van der Waals surface area contributed by atoms with Gasteiger partial charge in [0, 0.05) is 23.2 Å². The van der Waals surface area contributed by atoms with E-state index in [4.69, 9.17) is 11.6 Å². The minimum absolute atomic E-state index is 0.309. The summed E-state index contributed by atoms with van der Waals surface area (Å²) in [7, 11) is 0. The van der Waals surface area contributed by atoms with Crippen LogP contribution in [0.1, 0.15) is 30.0 Å². The maximum atomic E-state index is 14.5. The van der Waals surface area contributed by atoms with E-state index in [0.717, 1.165) is 11.6 Å². The Bertz CT molecular complexity index is 784. The summed E-state index contributed by atoms with van der Waals surface area (Å²) in [5, 5.41) is 9.85. The minimum atomic E-state index is -0.853. The number of rotatable bonds is 4. The summed E-state index contributed by atoms with van der Waals surface area (Å²) < 4.78 is 27.8. The van der Waals surface area contributed by atoms with Crippen LogP contribution in [-0.4, -0.2) is 29.1 Å². The molecule has 132 valence electrons. The Hall–Kier alpha value is -1.98. The van der Waals surface area contributed by atoms with Gasteiger partial charge in [-0.2, -0.15) is 0 Å². The number of halogens is 3. The molecule has 6 heteroatoms. The molecule has 1 aliphatic heterocycles. The largest absolute Gasteiger partial charge is 0.481 e. The number of carboxylic acid groups (broad SMARTS) is 1. The normalized spacial score (nSPS) is 19.6. The Morgan fingerprint density at radius 1 is 1.24 bits per heavy atom. The minimum Gasteiger partial charge on any atom is -0.481 e. The first-order valence-electron chi connectivity index (χ1n) is 8.13. The number of piperidine rings is 1. The van der Waals surface area contributed by atoms with Crippen molar-refractivity contribution in [1.82, 2.24) is 4.90 Å². The Kier molecular flexibility index (Phi) is 5.35. The van der Waals surface area contributed by atoms with Crippen LogP contribution in [0.25, 0.3) is 0 Å². The van der Waals surface area contributed by atoms with Crippen molar-refractivity contribution in [1.29, 1.82) is 0 Å².